The summed E-state index contributed by atoms with van der Waals surface area (Å²) in [5.74, 6) is 0. The molecule has 2 atom stereocenters. The van der Waals surface area contributed by atoms with Crippen LogP contribution in [0.25, 0.3) is 0 Å². The molecule has 1 fully saturated rings. The molecule has 1 aromatic carbocycles. The molecule has 2 rings (SSSR count). The van der Waals surface area contributed by atoms with E-state index in [0.29, 0.717) is 0 Å². The summed E-state index contributed by atoms with van der Waals surface area (Å²) in [6, 6.07) is 6.84. The fraction of sp³-hybridized carbons (Fsp3) is 0.600. The molecule has 1 heterocycles. The Morgan fingerprint density at radius 3 is 2.71 bits per heavy atom. The Morgan fingerprint density at radius 1 is 1.06 bits per heavy atom. The van der Waals surface area contributed by atoms with Crippen molar-refractivity contribution < 1.29 is 9.80 Å². The van der Waals surface area contributed by atoms with Gasteiger partial charge in [-0.25, -0.2) is 0 Å². The van der Waals surface area contributed by atoms with E-state index in [4.69, 9.17) is 0 Å². The van der Waals surface area contributed by atoms with Gasteiger partial charge in [0.05, 0.1) is 20.1 Å². The van der Waals surface area contributed by atoms with Gasteiger partial charge in [-0.15, -0.1) is 0 Å². The number of hydrogen-bond acceptors (Lipinski definition) is 0. The largest absolute Gasteiger partial charge is 0.333 e. The van der Waals surface area contributed by atoms with Gasteiger partial charge in [0.25, 0.3) is 0 Å². The van der Waals surface area contributed by atoms with E-state index < -0.39 is 0 Å². The molecule has 0 amide bonds. The lowest BCUT2D eigenvalue weighted by atomic mass is 10.1. The molecular weight excluding hydrogens is 208 g/mol. The zero-order chi connectivity index (χ0) is 12.3. The maximum atomic E-state index is 2.36. The number of aryl methyl sites for hydroxylation is 2. The van der Waals surface area contributed by atoms with Gasteiger partial charge in [-0.05, 0) is 19.4 Å². The lowest BCUT2D eigenvalue weighted by Crippen LogP contribution is -3.15. The zero-order valence-corrected chi connectivity index (χ0v) is 11.5. The highest BCUT2D eigenvalue weighted by molar-refractivity contribution is 5.29. The van der Waals surface area contributed by atoms with Crippen molar-refractivity contribution in [3.8, 4) is 0 Å². The van der Waals surface area contributed by atoms with Gasteiger partial charge in [0.2, 0.25) is 0 Å². The van der Waals surface area contributed by atoms with E-state index in [1.165, 1.54) is 50.3 Å². The van der Waals surface area contributed by atoms with Crippen LogP contribution in [0.3, 0.4) is 0 Å². The highest BCUT2D eigenvalue weighted by Crippen LogP contribution is 2.09. The first kappa shape index (κ1) is 12.6. The van der Waals surface area contributed by atoms with E-state index in [-0.39, 0.29) is 0 Å². The topological polar surface area (TPSA) is 8.88 Å². The third-order valence-corrected chi connectivity index (χ3v) is 3.98. The molecule has 2 nitrogen and oxygen atoms in total. The van der Waals surface area contributed by atoms with Crippen molar-refractivity contribution in [2.45, 2.75) is 26.8 Å². The number of rotatable bonds is 2. The van der Waals surface area contributed by atoms with Gasteiger partial charge in [-0.2, -0.15) is 0 Å². The molecule has 0 aromatic heterocycles. The monoisotopic (exact) mass is 234 g/mol. The summed E-state index contributed by atoms with van der Waals surface area (Å²) in [6.45, 7) is 11.0. The smallest absolute Gasteiger partial charge is 0.127 e. The van der Waals surface area contributed by atoms with Gasteiger partial charge in [0.1, 0.15) is 19.6 Å². The quantitative estimate of drug-likeness (QED) is 0.689. The van der Waals surface area contributed by atoms with Crippen molar-refractivity contribution >= 4 is 0 Å². The molecule has 0 radical (unpaired) electrons. The minimum Gasteiger partial charge on any atom is -0.333 e. The number of likely N-dealkylation sites (N-methyl/N-ethyl adjacent to an activating group) is 1. The van der Waals surface area contributed by atoms with Crippen LogP contribution in [-0.4, -0.2) is 33.2 Å². The fourth-order valence-electron chi connectivity index (χ4n) is 2.72. The molecule has 2 heteroatoms. The van der Waals surface area contributed by atoms with Gasteiger partial charge in [0, 0.05) is 12.0 Å². The van der Waals surface area contributed by atoms with Crippen molar-refractivity contribution in [2.24, 2.45) is 0 Å². The van der Waals surface area contributed by atoms with Crippen LogP contribution >= 0.6 is 0 Å². The Morgan fingerprint density at radius 2 is 1.88 bits per heavy atom. The van der Waals surface area contributed by atoms with E-state index in [9.17, 15) is 0 Å². The molecule has 17 heavy (non-hydrogen) atoms. The van der Waals surface area contributed by atoms with Crippen molar-refractivity contribution in [2.75, 3.05) is 33.2 Å². The maximum absolute atomic E-state index is 2.36. The van der Waals surface area contributed by atoms with Gasteiger partial charge in [-0.1, -0.05) is 23.8 Å². The molecule has 0 bridgehead atoms. The van der Waals surface area contributed by atoms with Crippen molar-refractivity contribution in [3.05, 3.63) is 34.9 Å². The second-order valence-corrected chi connectivity index (χ2v) is 5.67. The number of nitrogens with one attached hydrogen (secondary N) is 2. The van der Waals surface area contributed by atoms with Crippen LogP contribution in [0, 0.1) is 13.8 Å². The molecule has 1 aliphatic rings. The summed E-state index contributed by atoms with van der Waals surface area (Å²) in [5, 5.41) is 0. The number of hydrogen-bond donors (Lipinski definition) is 2. The SMILES string of the molecule is Cc1ccc(C)c(C[NH+]2CCC[NH+](C)CC2)c1. The van der Waals surface area contributed by atoms with E-state index in [1.54, 1.807) is 15.4 Å². The molecule has 0 saturated carbocycles. The summed E-state index contributed by atoms with van der Waals surface area (Å²) in [5.41, 5.74) is 4.38. The Bertz CT molecular complexity index is 373. The fourth-order valence-corrected chi connectivity index (χ4v) is 2.72. The van der Waals surface area contributed by atoms with Crippen LogP contribution in [0.2, 0.25) is 0 Å². The lowest BCUT2D eigenvalue weighted by molar-refractivity contribution is -0.938. The standard InChI is InChI=1S/C15H24N2/c1-13-5-6-14(2)15(11-13)12-17-8-4-7-16(3)9-10-17/h5-6,11H,4,7-10,12H2,1-3H3/p+2. The second-order valence-electron chi connectivity index (χ2n) is 5.67. The van der Waals surface area contributed by atoms with Crippen LogP contribution in [0.1, 0.15) is 23.1 Å². The first-order chi connectivity index (χ1) is 8.15. The molecule has 0 spiro atoms. The van der Waals surface area contributed by atoms with Crippen molar-refractivity contribution in [1.82, 2.24) is 0 Å². The van der Waals surface area contributed by atoms with Gasteiger partial charge >= 0.3 is 0 Å². The Balaban J connectivity index is 2.02. The predicted molar refractivity (Wildman–Crippen MR) is 71.6 cm³/mol. The molecular formula is C15H26N2+2. The highest BCUT2D eigenvalue weighted by atomic mass is 15.2. The van der Waals surface area contributed by atoms with Gasteiger partial charge in [-0.3, -0.25) is 0 Å². The first-order valence-electron chi connectivity index (χ1n) is 6.86. The molecule has 0 aliphatic carbocycles. The molecule has 1 aliphatic heterocycles. The first-order valence-corrected chi connectivity index (χ1v) is 6.86. The highest BCUT2D eigenvalue weighted by Gasteiger charge is 2.18. The summed E-state index contributed by atoms with van der Waals surface area (Å²) < 4.78 is 0. The summed E-state index contributed by atoms with van der Waals surface area (Å²) in [4.78, 5) is 3.46. The van der Waals surface area contributed by atoms with E-state index in [2.05, 4.69) is 39.1 Å². The minimum atomic E-state index is 1.21. The average Bonchev–Trinajstić information content (AvgIpc) is 2.49. The van der Waals surface area contributed by atoms with E-state index >= 15 is 0 Å². The van der Waals surface area contributed by atoms with Gasteiger partial charge in [0.15, 0.2) is 0 Å². The molecule has 2 unspecified atom stereocenters. The van der Waals surface area contributed by atoms with Crippen molar-refractivity contribution in [1.29, 1.82) is 0 Å². The normalized spacial score (nSPS) is 25.6. The van der Waals surface area contributed by atoms with Crippen LogP contribution in [-0.2, 0) is 6.54 Å². The zero-order valence-electron chi connectivity index (χ0n) is 11.5. The third-order valence-electron chi connectivity index (χ3n) is 3.98. The summed E-state index contributed by atoms with van der Waals surface area (Å²) in [7, 11) is 2.32. The van der Waals surface area contributed by atoms with Crippen LogP contribution in [0.5, 0.6) is 0 Å². The molecule has 94 valence electrons. The Kier molecular flexibility index (Phi) is 4.19. The average molecular weight is 234 g/mol. The van der Waals surface area contributed by atoms with Gasteiger partial charge < -0.3 is 9.80 Å². The molecule has 1 saturated heterocycles. The van der Waals surface area contributed by atoms with E-state index in [0.717, 1.165) is 0 Å². The van der Waals surface area contributed by atoms with Crippen LogP contribution in [0.15, 0.2) is 18.2 Å². The van der Waals surface area contributed by atoms with Crippen LogP contribution in [0.4, 0.5) is 0 Å². The third kappa shape index (κ3) is 3.55. The van der Waals surface area contributed by atoms with E-state index in [1.807, 2.05) is 0 Å². The predicted octanol–water partition coefficient (Wildman–Crippen LogP) is -0.393. The maximum Gasteiger partial charge on any atom is 0.127 e. The van der Waals surface area contributed by atoms with Crippen molar-refractivity contribution in [3.63, 3.8) is 0 Å². The summed E-state index contributed by atoms with van der Waals surface area (Å²) >= 11 is 0. The Hall–Kier alpha value is -0.860. The van der Waals surface area contributed by atoms with Crippen LogP contribution < -0.4 is 9.80 Å². The molecule has 2 N–H and O–H groups in total. The number of benzene rings is 1. The lowest BCUT2D eigenvalue weighted by Gasteiger charge is -2.17. The summed E-state index contributed by atoms with van der Waals surface area (Å²) in [6.07, 6.45) is 1.37. The molecule has 1 aromatic rings. The Labute approximate surface area is 105 Å². The second kappa shape index (κ2) is 5.65. The minimum absolute atomic E-state index is 1.21. The number of quaternary nitrogens is 2.